The van der Waals surface area contributed by atoms with Crippen LogP contribution in [0.3, 0.4) is 0 Å². The second-order valence-corrected chi connectivity index (χ2v) is 8.11. The summed E-state index contributed by atoms with van der Waals surface area (Å²) in [6, 6.07) is 8.49. The summed E-state index contributed by atoms with van der Waals surface area (Å²) in [7, 11) is 0. The van der Waals surface area contributed by atoms with Gasteiger partial charge in [0.2, 0.25) is 6.10 Å². The van der Waals surface area contributed by atoms with E-state index in [0.29, 0.717) is 12.0 Å². The summed E-state index contributed by atoms with van der Waals surface area (Å²) in [6.07, 6.45) is 5.34. The second kappa shape index (κ2) is 9.29. The lowest BCUT2D eigenvalue weighted by Gasteiger charge is -2.33. The van der Waals surface area contributed by atoms with Gasteiger partial charge in [0.25, 0.3) is 0 Å². The van der Waals surface area contributed by atoms with Crippen molar-refractivity contribution in [2.45, 2.75) is 75.1 Å². The van der Waals surface area contributed by atoms with Crippen LogP contribution in [0.4, 0.5) is 0 Å². The van der Waals surface area contributed by atoms with Crippen molar-refractivity contribution in [2.24, 2.45) is 0 Å². The summed E-state index contributed by atoms with van der Waals surface area (Å²) in [6.45, 7) is 0.257. The number of carbonyl (C=O) groups excluding carboxylic acids is 2. The third-order valence-corrected chi connectivity index (χ3v) is 5.91. The monoisotopic (exact) mass is 416 g/mol. The lowest BCUT2D eigenvalue weighted by Crippen LogP contribution is -2.45. The van der Waals surface area contributed by atoms with E-state index < -0.39 is 42.1 Å². The Morgan fingerprint density at radius 2 is 1.80 bits per heavy atom. The van der Waals surface area contributed by atoms with E-state index in [-0.39, 0.29) is 13.0 Å². The predicted octanol–water partition coefficient (Wildman–Crippen LogP) is 2.91. The number of hydrogen-bond acceptors (Lipinski definition) is 7. The van der Waals surface area contributed by atoms with Crippen LogP contribution in [0.25, 0.3) is 0 Å². The first-order valence-electron chi connectivity index (χ1n) is 10.7. The number of cyclic esters (lactones) is 1. The smallest absolute Gasteiger partial charge is 0.348 e. The van der Waals surface area contributed by atoms with Gasteiger partial charge in [0.05, 0.1) is 18.3 Å². The molecule has 1 N–H and O–H groups in total. The molecule has 4 atom stereocenters. The van der Waals surface area contributed by atoms with E-state index >= 15 is 0 Å². The normalized spacial score (nSPS) is 32.5. The molecule has 162 valence electrons. The van der Waals surface area contributed by atoms with Crippen molar-refractivity contribution < 1.29 is 33.6 Å². The van der Waals surface area contributed by atoms with Crippen LogP contribution in [0, 0.1) is 0 Å². The summed E-state index contributed by atoms with van der Waals surface area (Å²) in [5, 5.41) is 10.6. The van der Waals surface area contributed by atoms with E-state index in [9.17, 15) is 14.7 Å². The number of ether oxygens (including phenoxy) is 4. The molecular formula is C23H28O7. The first-order valence-corrected chi connectivity index (χ1v) is 10.7. The number of hydrogen-bond donors (Lipinski definition) is 1. The highest BCUT2D eigenvalue weighted by Gasteiger charge is 2.48. The van der Waals surface area contributed by atoms with Gasteiger partial charge in [-0.3, -0.25) is 0 Å². The van der Waals surface area contributed by atoms with Gasteiger partial charge in [-0.1, -0.05) is 36.8 Å². The van der Waals surface area contributed by atoms with Gasteiger partial charge < -0.3 is 24.1 Å². The Kier molecular flexibility index (Phi) is 6.51. The Balaban J connectivity index is 1.45. The lowest BCUT2D eigenvalue weighted by atomic mass is 9.94. The van der Waals surface area contributed by atoms with Crippen LogP contribution in [0.15, 0.2) is 42.5 Å². The second-order valence-electron chi connectivity index (χ2n) is 8.11. The lowest BCUT2D eigenvalue weighted by molar-refractivity contribution is -0.209. The van der Waals surface area contributed by atoms with E-state index in [1.54, 1.807) is 42.5 Å². The largest absolute Gasteiger partial charge is 0.454 e. The Morgan fingerprint density at radius 1 is 1.07 bits per heavy atom. The molecule has 2 fully saturated rings. The molecule has 0 amide bonds. The molecule has 0 aromatic heterocycles. The van der Waals surface area contributed by atoms with Gasteiger partial charge in [-0.05, 0) is 31.4 Å². The molecule has 2 heterocycles. The van der Waals surface area contributed by atoms with Crippen LogP contribution in [0.2, 0.25) is 0 Å². The fraction of sp³-hybridized carbons (Fsp3) is 0.565. The quantitative estimate of drug-likeness (QED) is 0.598. The van der Waals surface area contributed by atoms with E-state index in [1.807, 2.05) is 0 Å². The Morgan fingerprint density at radius 3 is 2.57 bits per heavy atom. The average molecular weight is 416 g/mol. The number of carbonyl (C=O) groups is 2. The number of benzene rings is 1. The minimum atomic E-state index is -1.09. The van der Waals surface area contributed by atoms with Crippen molar-refractivity contribution in [3.05, 3.63) is 48.0 Å². The van der Waals surface area contributed by atoms with Gasteiger partial charge >= 0.3 is 11.9 Å². The molecule has 7 heteroatoms. The summed E-state index contributed by atoms with van der Waals surface area (Å²) in [4.78, 5) is 25.2. The molecule has 30 heavy (non-hydrogen) atoms. The van der Waals surface area contributed by atoms with Crippen LogP contribution >= 0.6 is 0 Å². The van der Waals surface area contributed by atoms with Gasteiger partial charge in [-0.25, -0.2) is 9.59 Å². The first-order chi connectivity index (χ1) is 14.6. The van der Waals surface area contributed by atoms with Crippen LogP contribution in [0.5, 0.6) is 0 Å². The molecule has 1 saturated carbocycles. The summed E-state index contributed by atoms with van der Waals surface area (Å²) in [5.41, 5.74) is 0.359. The van der Waals surface area contributed by atoms with Crippen LogP contribution < -0.4 is 0 Å². The number of esters is 2. The average Bonchev–Trinajstić information content (AvgIpc) is 3.18. The zero-order valence-electron chi connectivity index (χ0n) is 16.9. The molecular weight excluding hydrogens is 388 g/mol. The zero-order chi connectivity index (χ0) is 21.0. The highest BCUT2D eigenvalue weighted by Crippen LogP contribution is 2.39. The predicted molar refractivity (Wildman–Crippen MR) is 107 cm³/mol. The maximum atomic E-state index is 12.8. The fourth-order valence-corrected chi connectivity index (χ4v) is 4.26. The molecule has 0 bridgehead atoms. The summed E-state index contributed by atoms with van der Waals surface area (Å²) >= 11 is 0. The highest BCUT2D eigenvalue weighted by molar-refractivity contribution is 5.91. The molecule has 1 spiro atoms. The van der Waals surface area contributed by atoms with Crippen LogP contribution in [0.1, 0.15) is 55.3 Å². The van der Waals surface area contributed by atoms with E-state index in [4.69, 9.17) is 18.9 Å². The fourth-order valence-electron chi connectivity index (χ4n) is 4.26. The van der Waals surface area contributed by atoms with Gasteiger partial charge in [0, 0.05) is 19.3 Å². The Labute approximate surface area is 175 Å². The van der Waals surface area contributed by atoms with E-state index in [0.717, 1.165) is 32.1 Å². The maximum absolute atomic E-state index is 12.8. The molecule has 1 aromatic carbocycles. The van der Waals surface area contributed by atoms with Crippen molar-refractivity contribution in [1.82, 2.24) is 0 Å². The third-order valence-electron chi connectivity index (χ3n) is 5.91. The minimum Gasteiger partial charge on any atom is -0.454 e. The SMILES string of the molecule is O=C(O[C@@H]1C/C=C\C[C@H](O)[C@@H]([C@@H]2COC3(CCCCC3)O2)OC1=O)c1ccccc1. The Hall–Kier alpha value is -2.22. The molecule has 0 radical (unpaired) electrons. The highest BCUT2D eigenvalue weighted by atomic mass is 16.8. The summed E-state index contributed by atoms with van der Waals surface area (Å²) in [5.74, 6) is -1.92. The first kappa shape index (κ1) is 21.0. The molecule has 1 aromatic rings. The molecule has 1 aliphatic carbocycles. The van der Waals surface area contributed by atoms with E-state index in [1.165, 1.54) is 0 Å². The number of aliphatic hydroxyl groups excluding tert-OH is 1. The third kappa shape index (κ3) is 4.74. The van der Waals surface area contributed by atoms with Crippen molar-refractivity contribution >= 4 is 11.9 Å². The van der Waals surface area contributed by atoms with Crippen molar-refractivity contribution in [1.29, 1.82) is 0 Å². The number of aliphatic hydroxyl groups is 1. The minimum absolute atomic E-state index is 0.183. The van der Waals surface area contributed by atoms with Crippen LogP contribution in [-0.4, -0.2) is 53.9 Å². The molecule has 7 nitrogen and oxygen atoms in total. The van der Waals surface area contributed by atoms with Gasteiger partial charge in [-0.15, -0.1) is 0 Å². The van der Waals surface area contributed by atoms with Gasteiger partial charge in [0.15, 0.2) is 11.9 Å². The molecule has 1 saturated heterocycles. The summed E-state index contributed by atoms with van der Waals surface area (Å²) < 4.78 is 23.2. The van der Waals surface area contributed by atoms with E-state index in [2.05, 4.69) is 0 Å². The topological polar surface area (TPSA) is 91.3 Å². The zero-order valence-corrected chi connectivity index (χ0v) is 16.9. The maximum Gasteiger partial charge on any atom is 0.348 e. The van der Waals surface area contributed by atoms with Gasteiger partial charge in [0.1, 0.15) is 6.10 Å². The molecule has 2 aliphatic heterocycles. The number of rotatable bonds is 3. The Bertz CT molecular complexity index is 769. The molecule has 3 aliphatic rings. The van der Waals surface area contributed by atoms with Crippen LogP contribution in [-0.2, 0) is 23.7 Å². The van der Waals surface area contributed by atoms with Gasteiger partial charge in [-0.2, -0.15) is 0 Å². The van der Waals surface area contributed by atoms with Crippen molar-refractivity contribution in [2.75, 3.05) is 6.61 Å². The molecule has 0 unspecified atom stereocenters. The van der Waals surface area contributed by atoms with Crippen molar-refractivity contribution in [3.63, 3.8) is 0 Å². The standard InChI is InChI=1S/C23H28O7/c24-17-11-5-6-12-18(28-21(25)16-9-3-1-4-10-16)22(26)29-20(17)19-15-27-23(30-19)13-7-2-8-14-23/h1,3-6,9-10,17-20,24H,2,7-8,11-15H2/b6-5-/t17-,18+,19-,20-/m0/s1. The van der Waals surface area contributed by atoms with Crippen molar-refractivity contribution in [3.8, 4) is 0 Å². The molecule has 4 rings (SSSR count).